The predicted octanol–water partition coefficient (Wildman–Crippen LogP) is 2.24. The first-order valence-corrected chi connectivity index (χ1v) is 5.14. The molecule has 2 rings (SSSR count). The number of halogens is 3. The lowest BCUT2D eigenvalue weighted by Gasteiger charge is -2.11. The van der Waals surface area contributed by atoms with E-state index in [1.807, 2.05) is 0 Å². The summed E-state index contributed by atoms with van der Waals surface area (Å²) in [6.45, 7) is 1.39. The monoisotopic (exact) mass is 257 g/mol. The Kier molecular flexibility index (Phi) is 2.80. The van der Waals surface area contributed by atoms with E-state index >= 15 is 0 Å². The molecular weight excluding hydrogens is 247 g/mol. The summed E-state index contributed by atoms with van der Waals surface area (Å²) >= 11 is 0. The largest absolute Gasteiger partial charge is 0.470 e. The highest BCUT2D eigenvalue weighted by atomic mass is 19.4. The SMILES string of the molecule is Cc1ccc(C(F)(F)F)cc1C1=C(N)OCC1=O. The van der Waals surface area contributed by atoms with Crippen molar-refractivity contribution in [2.24, 2.45) is 5.73 Å². The molecule has 1 aromatic carbocycles. The maximum Gasteiger partial charge on any atom is 0.416 e. The molecule has 0 saturated carbocycles. The molecule has 0 fully saturated rings. The number of nitrogens with two attached hydrogens (primary N) is 1. The van der Waals surface area contributed by atoms with Gasteiger partial charge in [0, 0.05) is 0 Å². The van der Waals surface area contributed by atoms with E-state index in [9.17, 15) is 18.0 Å². The second kappa shape index (κ2) is 4.04. The predicted molar refractivity (Wildman–Crippen MR) is 58.2 cm³/mol. The zero-order chi connectivity index (χ0) is 13.5. The normalized spacial score (nSPS) is 16.1. The van der Waals surface area contributed by atoms with E-state index < -0.39 is 17.5 Å². The first kappa shape index (κ1) is 12.5. The Morgan fingerprint density at radius 3 is 2.50 bits per heavy atom. The topological polar surface area (TPSA) is 52.3 Å². The first-order chi connectivity index (χ1) is 8.30. The molecule has 0 spiro atoms. The average molecular weight is 257 g/mol. The Bertz CT molecular complexity index is 547. The van der Waals surface area contributed by atoms with E-state index in [0.717, 1.165) is 12.1 Å². The fourth-order valence-electron chi connectivity index (χ4n) is 1.78. The van der Waals surface area contributed by atoms with Crippen molar-refractivity contribution in [2.75, 3.05) is 6.61 Å². The molecule has 0 aromatic heterocycles. The van der Waals surface area contributed by atoms with Crippen molar-refractivity contribution in [3.8, 4) is 0 Å². The van der Waals surface area contributed by atoms with E-state index in [1.165, 1.54) is 6.07 Å². The van der Waals surface area contributed by atoms with E-state index in [4.69, 9.17) is 10.5 Å². The lowest BCUT2D eigenvalue weighted by Crippen LogP contribution is -2.08. The van der Waals surface area contributed by atoms with Crippen LogP contribution in [-0.4, -0.2) is 12.4 Å². The number of hydrogen-bond acceptors (Lipinski definition) is 3. The number of ketones is 1. The number of benzene rings is 1. The van der Waals surface area contributed by atoms with Crippen LogP contribution in [0.15, 0.2) is 24.1 Å². The first-order valence-electron chi connectivity index (χ1n) is 5.14. The van der Waals surface area contributed by atoms with Gasteiger partial charge in [-0.3, -0.25) is 4.79 Å². The minimum absolute atomic E-state index is 0.0265. The third kappa shape index (κ3) is 2.05. The van der Waals surface area contributed by atoms with Crippen LogP contribution in [0, 0.1) is 6.92 Å². The van der Waals surface area contributed by atoms with Crippen LogP contribution >= 0.6 is 0 Å². The molecule has 6 heteroatoms. The quantitative estimate of drug-likeness (QED) is 0.839. The maximum atomic E-state index is 12.6. The summed E-state index contributed by atoms with van der Waals surface area (Å²) in [5, 5.41) is 0. The van der Waals surface area contributed by atoms with Gasteiger partial charge < -0.3 is 10.5 Å². The number of alkyl halides is 3. The molecule has 96 valence electrons. The second-order valence-corrected chi connectivity index (χ2v) is 3.98. The summed E-state index contributed by atoms with van der Waals surface area (Å²) in [7, 11) is 0. The number of hydrogen-bond donors (Lipinski definition) is 1. The van der Waals surface area contributed by atoms with E-state index in [1.54, 1.807) is 6.92 Å². The Balaban J connectivity index is 2.58. The lowest BCUT2D eigenvalue weighted by molar-refractivity contribution is -0.137. The zero-order valence-electron chi connectivity index (χ0n) is 9.47. The fraction of sp³-hybridized carbons (Fsp3) is 0.250. The highest BCUT2D eigenvalue weighted by Crippen LogP contribution is 2.34. The fourth-order valence-corrected chi connectivity index (χ4v) is 1.78. The summed E-state index contributed by atoms with van der Waals surface area (Å²) in [5.74, 6) is -0.530. The summed E-state index contributed by atoms with van der Waals surface area (Å²) in [5.41, 5.74) is 5.41. The van der Waals surface area contributed by atoms with Gasteiger partial charge in [0.05, 0.1) is 11.1 Å². The van der Waals surface area contributed by atoms with Gasteiger partial charge in [-0.15, -0.1) is 0 Å². The number of rotatable bonds is 1. The van der Waals surface area contributed by atoms with Crippen molar-refractivity contribution in [3.05, 3.63) is 40.8 Å². The van der Waals surface area contributed by atoms with Crippen LogP contribution in [0.3, 0.4) is 0 Å². The number of Topliss-reactive ketones (excluding diaryl/α,β-unsaturated/α-hetero) is 1. The summed E-state index contributed by atoms with van der Waals surface area (Å²) in [4.78, 5) is 11.6. The number of aryl methyl sites for hydroxylation is 1. The van der Waals surface area contributed by atoms with Crippen molar-refractivity contribution < 1.29 is 22.7 Å². The van der Waals surface area contributed by atoms with Crippen LogP contribution in [-0.2, 0) is 15.7 Å². The lowest BCUT2D eigenvalue weighted by atomic mass is 9.96. The number of carbonyl (C=O) groups is 1. The second-order valence-electron chi connectivity index (χ2n) is 3.98. The van der Waals surface area contributed by atoms with Crippen LogP contribution < -0.4 is 5.73 Å². The van der Waals surface area contributed by atoms with E-state index in [-0.39, 0.29) is 23.6 Å². The molecule has 1 heterocycles. The van der Waals surface area contributed by atoms with Crippen LogP contribution in [0.4, 0.5) is 13.2 Å². The summed E-state index contributed by atoms with van der Waals surface area (Å²) < 4.78 is 42.7. The molecule has 0 radical (unpaired) electrons. The molecule has 1 aliphatic heterocycles. The van der Waals surface area contributed by atoms with Gasteiger partial charge in [0.2, 0.25) is 5.78 Å². The highest BCUT2D eigenvalue weighted by Gasteiger charge is 2.33. The van der Waals surface area contributed by atoms with Gasteiger partial charge in [-0.2, -0.15) is 13.2 Å². The van der Waals surface area contributed by atoms with Gasteiger partial charge in [-0.05, 0) is 30.2 Å². The Morgan fingerprint density at radius 1 is 1.33 bits per heavy atom. The molecule has 18 heavy (non-hydrogen) atoms. The molecule has 2 N–H and O–H groups in total. The molecule has 3 nitrogen and oxygen atoms in total. The summed E-state index contributed by atoms with van der Waals surface area (Å²) in [6, 6.07) is 3.20. The van der Waals surface area contributed by atoms with E-state index in [2.05, 4.69) is 0 Å². The van der Waals surface area contributed by atoms with Gasteiger partial charge in [0.15, 0.2) is 12.5 Å². The van der Waals surface area contributed by atoms with Crippen molar-refractivity contribution in [3.63, 3.8) is 0 Å². The summed E-state index contributed by atoms with van der Waals surface area (Å²) in [6.07, 6.45) is -4.46. The molecule has 0 saturated heterocycles. The maximum absolute atomic E-state index is 12.6. The third-order valence-corrected chi connectivity index (χ3v) is 2.72. The molecule has 1 aromatic rings. The van der Waals surface area contributed by atoms with Crippen LogP contribution in [0.25, 0.3) is 5.57 Å². The van der Waals surface area contributed by atoms with E-state index in [0.29, 0.717) is 5.56 Å². The van der Waals surface area contributed by atoms with Gasteiger partial charge in [0.25, 0.3) is 0 Å². The molecule has 1 aliphatic rings. The standard InChI is InChI=1S/C12H10F3NO2/c1-6-2-3-7(12(13,14)15)4-8(6)10-9(17)5-18-11(10)16/h2-4H,5,16H2,1H3. The molecular formula is C12H10F3NO2. The minimum atomic E-state index is -4.46. The Labute approximate surface area is 101 Å². The number of ether oxygens (including phenoxy) is 1. The zero-order valence-corrected chi connectivity index (χ0v) is 9.47. The molecule has 0 amide bonds. The van der Waals surface area contributed by atoms with Gasteiger partial charge in [0.1, 0.15) is 0 Å². The van der Waals surface area contributed by atoms with Crippen molar-refractivity contribution in [1.29, 1.82) is 0 Å². The highest BCUT2D eigenvalue weighted by molar-refractivity contribution is 6.23. The van der Waals surface area contributed by atoms with Crippen LogP contribution in [0.2, 0.25) is 0 Å². The smallest absolute Gasteiger partial charge is 0.416 e. The van der Waals surface area contributed by atoms with Crippen LogP contribution in [0.1, 0.15) is 16.7 Å². The molecule has 0 bridgehead atoms. The van der Waals surface area contributed by atoms with Crippen molar-refractivity contribution >= 4 is 11.4 Å². The molecule has 0 atom stereocenters. The Morgan fingerprint density at radius 2 is 2.00 bits per heavy atom. The third-order valence-electron chi connectivity index (χ3n) is 2.72. The van der Waals surface area contributed by atoms with Crippen molar-refractivity contribution in [2.45, 2.75) is 13.1 Å². The average Bonchev–Trinajstić information content (AvgIpc) is 2.58. The van der Waals surface area contributed by atoms with Gasteiger partial charge in [-0.25, -0.2) is 0 Å². The number of carbonyl (C=O) groups excluding carboxylic acids is 1. The Hall–Kier alpha value is -1.98. The van der Waals surface area contributed by atoms with Gasteiger partial charge >= 0.3 is 6.18 Å². The minimum Gasteiger partial charge on any atom is -0.470 e. The van der Waals surface area contributed by atoms with Gasteiger partial charge in [-0.1, -0.05) is 6.07 Å². The van der Waals surface area contributed by atoms with Crippen LogP contribution in [0.5, 0.6) is 0 Å². The molecule has 0 aliphatic carbocycles. The van der Waals surface area contributed by atoms with Crippen molar-refractivity contribution in [1.82, 2.24) is 0 Å². The molecule has 0 unspecified atom stereocenters.